The first-order chi connectivity index (χ1) is 16.7. The van der Waals surface area contributed by atoms with Crippen molar-refractivity contribution in [1.82, 2.24) is 4.90 Å². The summed E-state index contributed by atoms with van der Waals surface area (Å²) in [6.07, 6.45) is 2.66. The van der Waals surface area contributed by atoms with Crippen molar-refractivity contribution in [2.45, 2.75) is 77.3 Å². The molecule has 0 N–H and O–H groups in total. The molecule has 0 radical (unpaired) electrons. The number of carbonyl (C=O) groups excluding carboxylic acids is 1. The molecule has 7 heteroatoms. The zero-order chi connectivity index (χ0) is 27.4. The van der Waals surface area contributed by atoms with E-state index in [9.17, 15) is 4.79 Å². The number of hydrogen-bond donors (Lipinski definition) is 0. The Labute approximate surface area is 222 Å². The van der Waals surface area contributed by atoms with E-state index in [1.807, 2.05) is 30.3 Å². The van der Waals surface area contributed by atoms with Crippen LogP contribution in [0.25, 0.3) is 0 Å². The van der Waals surface area contributed by atoms with E-state index < -0.39 is 22.5 Å². The third-order valence-electron chi connectivity index (χ3n) is 6.27. The Bertz CT molecular complexity index is 892. The van der Waals surface area contributed by atoms with E-state index in [0.717, 1.165) is 11.6 Å². The van der Waals surface area contributed by atoms with Crippen LogP contribution in [0.2, 0.25) is 43.8 Å². The lowest BCUT2D eigenvalue weighted by Crippen LogP contribution is -2.45. The molecular formula is C29H47NO4Si2. The fourth-order valence-electron chi connectivity index (χ4n) is 2.89. The van der Waals surface area contributed by atoms with E-state index >= 15 is 0 Å². The number of ether oxygens (including phenoxy) is 2. The molecule has 0 fully saturated rings. The highest BCUT2D eigenvalue weighted by Crippen LogP contribution is 2.38. The average Bonchev–Trinajstić information content (AvgIpc) is 2.78. The van der Waals surface area contributed by atoms with Gasteiger partial charge in [0, 0.05) is 14.1 Å². The van der Waals surface area contributed by atoms with Crippen LogP contribution in [0.4, 0.5) is 4.79 Å². The Kier molecular flexibility index (Phi) is 12.9. The summed E-state index contributed by atoms with van der Waals surface area (Å²) < 4.78 is 18.2. The van der Waals surface area contributed by atoms with Gasteiger partial charge in [-0.25, -0.2) is 9.69 Å². The second-order valence-electron chi connectivity index (χ2n) is 11.8. The molecule has 1 rings (SSSR count). The van der Waals surface area contributed by atoms with Crippen LogP contribution in [-0.4, -0.2) is 53.2 Å². The van der Waals surface area contributed by atoms with Crippen molar-refractivity contribution in [3.05, 3.63) is 61.2 Å². The minimum Gasteiger partial charge on any atom is -0.449 e. The third kappa shape index (κ3) is 11.7. The number of hydrogen-bond acceptors (Lipinski definition) is 4. The van der Waals surface area contributed by atoms with Crippen LogP contribution in [0.3, 0.4) is 0 Å². The van der Waals surface area contributed by atoms with Gasteiger partial charge in [0.25, 0.3) is 0 Å². The number of carbonyl (C=O) groups is 1. The van der Waals surface area contributed by atoms with Crippen molar-refractivity contribution < 1.29 is 18.7 Å². The molecule has 0 aliphatic heterocycles. The summed E-state index contributed by atoms with van der Waals surface area (Å²) in [6, 6.07) is 13.9. The van der Waals surface area contributed by atoms with Gasteiger partial charge in [0.15, 0.2) is 8.32 Å². The fourth-order valence-corrected chi connectivity index (χ4v) is 4.90. The van der Waals surface area contributed by atoms with E-state index in [2.05, 4.69) is 78.6 Å². The number of benzene rings is 1. The maximum atomic E-state index is 12.7. The largest absolute Gasteiger partial charge is 0.449 e. The Hall–Kier alpha value is -2.12. The van der Waals surface area contributed by atoms with Gasteiger partial charge in [-0.3, -0.25) is 0 Å². The predicted octanol–water partition coefficient (Wildman–Crippen LogP) is 7.32. The molecule has 1 aromatic carbocycles. The van der Waals surface area contributed by atoms with Crippen LogP contribution in [0, 0.1) is 17.9 Å². The summed E-state index contributed by atoms with van der Waals surface area (Å²) in [6.45, 7) is 27.1. The summed E-state index contributed by atoms with van der Waals surface area (Å²) in [5.74, 6) is 2.94. The maximum absolute atomic E-state index is 12.7. The first-order valence-corrected chi connectivity index (χ1v) is 19.3. The lowest BCUT2D eigenvalue weighted by atomic mass is 10.0. The van der Waals surface area contributed by atoms with Crippen LogP contribution < -0.4 is 0 Å². The number of amides is 1. The van der Waals surface area contributed by atoms with Crippen molar-refractivity contribution in [2.75, 3.05) is 19.8 Å². The summed E-state index contributed by atoms with van der Waals surface area (Å²) in [7, 11) is -3.40. The molecular weight excluding hydrogens is 482 g/mol. The van der Waals surface area contributed by atoms with Crippen molar-refractivity contribution in [3.8, 4) is 12.0 Å². The van der Waals surface area contributed by atoms with Crippen molar-refractivity contribution in [3.63, 3.8) is 0 Å². The third-order valence-corrected chi connectivity index (χ3v) is 12.4. The Morgan fingerprint density at radius 3 is 2.28 bits per heavy atom. The molecule has 0 bridgehead atoms. The molecule has 0 saturated carbocycles. The molecule has 0 saturated heterocycles. The van der Waals surface area contributed by atoms with Crippen molar-refractivity contribution in [2.24, 2.45) is 5.92 Å². The summed E-state index contributed by atoms with van der Waals surface area (Å²) in [5.41, 5.74) is 1.09. The first-order valence-electron chi connectivity index (χ1n) is 12.7. The quantitative estimate of drug-likeness (QED) is 0.116. The summed E-state index contributed by atoms with van der Waals surface area (Å²) in [4.78, 5) is 14.1. The summed E-state index contributed by atoms with van der Waals surface area (Å²) in [5, 5.41) is 0.0339. The molecule has 1 amide bonds. The molecule has 0 spiro atoms. The molecule has 200 valence electrons. The topological polar surface area (TPSA) is 48.0 Å². The zero-order valence-electron chi connectivity index (χ0n) is 23.7. The molecule has 0 aliphatic carbocycles. The standard InChI is InChI=1S/C29H47NO4Si2/c1-11-19-30(28(31)33-21-22-35(6,7)8)20-18-26(24-32-23-25-16-14-13-15-17-25)27(12-2)34-36(9,10)29(3,4)5/h11-17,26-27H,1-2,19,21-24H2,3-10H3/t26-,27+/m1/s1. The van der Waals surface area contributed by atoms with Gasteiger partial charge < -0.3 is 13.9 Å². The first kappa shape index (κ1) is 31.9. The smallest absolute Gasteiger partial charge is 0.421 e. The summed E-state index contributed by atoms with van der Waals surface area (Å²) >= 11 is 0. The van der Waals surface area contributed by atoms with E-state index in [0.29, 0.717) is 19.8 Å². The van der Waals surface area contributed by atoms with E-state index in [1.54, 1.807) is 12.2 Å². The molecule has 2 atom stereocenters. The molecule has 0 aliphatic rings. The van der Waals surface area contributed by atoms with Gasteiger partial charge in [0.05, 0.1) is 38.4 Å². The minimum atomic E-state index is -2.10. The van der Waals surface area contributed by atoms with Crippen LogP contribution in [0.15, 0.2) is 55.6 Å². The highest BCUT2D eigenvalue weighted by molar-refractivity contribution is 6.76. The molecule has 0 unspecified atom stereocenters. The Balaban J connectivity index is 3.10. The normalized spacial score (nSPS) is 13.7. The van der Waals surface area contributed by atoms with Gasteiger partial charge >= 0.3 is 6.09 Å². The van der Waals surface area contributed by atoms with Crippen LogP contribution >= 0.6 is 0 Å². The molecule has 1 aromatic rings. The highest BCUT2D eigenvalue weighted by Gasteiger charge is 2.40. The zero-order valence-corrected chi connectivity index (χ0v) is 25.7. The monoisotopic (exact) mass is 529 g/mol. The van der Waals surface area contributed by atoms with E-state index in [1.165, 1.54) is 4.90 Å². The second-order valence-corrected chi connectivity index (χ2v) is 22.1. The average molecular weight is 530 g/mol. The SMILES string of the molecule is C=CCN(C#C[C@H](COCc1ccccc1)[C@H](C=C)O[Si](C)(C)C(C)(C)C)C(=O)OCC[Si](C)(C)C. The number of rotatable bonds is 13. The lowest BCUT2D eigenvalue weighted by molar-refractivity contribution is 0.0647. The second kappa shape index (κ2) is 14.6. The van der Waals surface area contributed by atoms with Crippen LogP contribution in [-0.2, 0) is 20.5 Å². The van der Waals surface area contributed by atoms with Gasteiger partial charge in [-0.05, 0) is 29.7 Å². The highest BCUT2D eigenvalue weighted by atomic mass is 28.4. The molecule has 36 heavy (non-hydrogen) atoms. The fraction of sp³-hybridized carbons (Fsp3) is 0.552. The Morgan fingerprint density at radius 1 is 1.11 bits per heavy atom. The van der Waals surface area contributed by atoms with Gasteiger partial charge in [0.2, 0.25) is 0 Å². The van der Waals surface area contributed by atoms with Crippen LogP contribution in [0.5, 0.6) is 0 Å². The maximum Gasteiger partial charge on any atom is 0.421 e. The van der Waals surface area contributed by atoms with Gasteiger partial charge in [-0.15, -0.1) is 13.2 Å². The van der Waals surface area contributed by atoms with Gasteiger partial charge in [-0.2, -0.15) is 0 Å². The van der Waals surface area contributed by atoms with Gasteiger partial charge in [0.1, 0.15) is 0 Å². The van der Waals surface area contributed by atoms with Crippen LogP contribution in [0.1, 0.15) is 26.3 Å². The molecule has 0 aromatic heterocycles. The lowest BCUT2D eigenvalue weighted by Gasteiger charge is -2.39. The van der Waals surface area contributed by atoms with Gasteiger partial charge in [-0.1, -0.05) is 88.8 Å². The molecule has 0 heterocycles. The van der Waals surface area contributed by atoms with Crippen molar-refractivity contribution >= 4 is 22.5 Å². The van der Waals surface area contributed by atoms with Crippen molar-refractivity contribution in [1.29, 1.82) is 0 Å². The minimum absolute atomic E-state index is 0.0339. The van der Waals surface area contributed by atoms with E-state index in [-0.39, 0.29) is 23.6 Å². The van der Waals surface area contributed by atoms with E-state index in [4.69, 9.17) is 13.9 Å². The Morgan fingerprint density at radius 2 is 1.75 bits per heavy atom. The number of nitrogens with zero attached hydrogens (tertiary/aromatic N) is 1. The molecule has 5 nitrogen and oxygen atoms in total. The predicted molar refractivity (Wildman–Crippen MR) is 156 cm³/mol.